The van der Waals surface area contributed by atoms with Crippen molar-refractivity contribution < 1.29 is 43.7 Å². The quantitative estimate of drug-likeness (QED) is 0.136. The SMILES string of the molecule is C=CC(=O)NC(CC(=O)N[C@@H]1O[C@H](COC(C)=O)[C@@H](O)[C@H](O)[C@H]1NC(C)=O)C(=O)NCCC. The Morgan fingerprint density at radius 1 is 1.12 bits per heavy atom. The van der Waals surface area contributed by atoms with Crippen molar-refractivity contribution in [1.82, 2.24) is 21.3 Å². The highest BCUT2D eigenvalue weighted by molar-refractivity contribution is 5.95. The first kappa shape index (κ1) is 28.0. The molecule has 0 spiro atoms. The molecule has 1 heterocycles. The summed E-state index contributed by atoms with van der Waals surface area (Å²) >= 11 is 0. The number of ether oxygens (including phenoxy) is 2. The molecule has 1 aliphatic heterocycles. The van der Waals surface area contributed by atoms with Gasteiger partial charge in [0.1, 0.15) is 37.0 Å². The van der Waals surface area contributed by atoms with Gasteiger partial charge in [0.05, 0.1) is 6.42 Å². The smallest absolute Gasteiger partial charge is 0.302 e. The molecule has 0 aromatic rings. The van der Waals surface area contributed by atoms with Crippen LogP contribution in [0.1, 0.15) is 33.6 Å². The van der Waals surface area contributed by atoms with E-state index in [4.69, 9.17) is 9.47 Å². The maximum atomic E-state index is 12.7. The summed E-state index contributed by atoms with van der Waals surface area (Å²) in [7, 11) is 0. The molecule has 0 aromatic heterocycles. The summed E-state index contributed by atoms with van der Waals surface area (Å²) in [6.45, 7) is 7.37. The maximum absolute atomic E-state index is 12.7. The van der Waals surface area contributed by atoms with E-state index in [0.29, 0.717) is 13.0 Å². The van der Waals surface area contributed by atoms with Crippen LogP contribution in [0.2, 0.25) is 0 Å². The average molecular weight is 472 g/mol. The van der Waals surface area contributed by atoms with Gasteiger partial charge in [0.15, 0.2) is 6.23 Å². The van der Waals surface area contributed by atoms with E-state index in [9.17, 15) is 34.2 Å². The lowest BCUT2D eigenvalue weighted by molar-refractivity contribution is -0.208. The lowest BCUT2D eigenvalue weighted by atomic mass is 9.95. The number of hydrogen-bond acceptors (Lipinski definition) is 9. The molecule has 6 atom stereocenters. The summed E-state index contributed by atoms with van der Waals surface area (Å²) in [6, 6.07) is -2.47. The van der Waals surface area contributed by atoms with Gasteiger partial charge in [0, 0.05) is 20.4 Å². The van der Waals surface area contributed by atoms with Crippen molar-refractivity contribution in [1.29, 1.82) is 0 Å². The molecule has 4 amide bonds. The van der Waals surface area contributed by atoms with Crippen molar-refractivity contribution in [3.8, 4) is 0 Å². The predicted molar refractivity (Wildman–Crippen MR) is 113 cm³/mol. The Morgan fingerprint density at radius 3 is 2.33 bits per heavy atom. The summed E-state index contributed by atoms with van der Waals surface area (Å²) in [4.78, 5) is 59.3. The second-order valence-corrected chi connectivity index (χ2v) is 7.43. The summed E-state index contributed by atoms with van der Waals surface area (Å²) in [6.07, 6.45) is -4.55. The first-order valence-electron chi connectivity index (χ1n) is 10.4. The molecule has 0 saturated carbocycles. The van der Waals surface area contributed by atoms with Crippen LogP contribution in [0.4, 0.5) is 0 Å². The number of nitrogens with one attached hydrogen (secondary N) is 4. The van der Waals surface area contributed by atoms with Crippen molar-refractivity contribution in [2.45, 2.75) is 70.2 Å². The zero-order chi connectivity index (χ0) is 25.1. The third kappa shape index (κ3) is 9.16. The Bertz CT molecular complexity index is 743. The molecular weight excluding hydrogens is 440 g/mol. The van der Waals surface area contributed by atoms with E-state index >= 15 is 0 Å². The Kier molecular flexibility index (Phi) is 11.5. The predicted octanol–water partition coefficient (Wildman–Crippen LogP) is -2.80. The van der Waals surface area contributed by atoms with Crippen LogP contribution in [-0.2, 0) is 33.4 Å². The molecule has 0 aromatic carbocycles. The molecule has 13 nitrogen and oxygen atoms in total. The van der Waals surface area contributed by atoms with Crippen molar-refractivity contribution >= 4 is 29.6 Å². The minimum Gasteiger partial charge on any atom is -0.463 e. The highest BCUT2D eigenvalue weighted by Gasteiger charge is 2.46. The van der Waals surface area contributed by atoms with Gasteiger partial charge < -0.3 is 41.0 Å². The molecular formula is C20H32N4O9. The third-order valence-corrected chi connectivity index (χ3v) is 4.63. The largest absolute Gasteiger partial charge is 0.463 e. The van der Waals surface area contributed by atoms with E-state index in [1.165, 1.54) is 6.92 Å². The molecule has 33 heavy (non-hydrogen) atoms. The molecule has 6 N–H and O–H groups in total. The van der Waals surface area contributed by atoms with Gasteiger partial charge in [-0.15, -0.1) is 0 Å². The fourth-order valence-electron chi connectivity index (χ4n) is 3.04. The second-order valence-electron chi connectivity index (χ2n) is 7.43. The van der Waals surface area contributed by atoms with Gasteiger partial charge in [-0.3, -0.25) is 24.0 Å². The molecule has 0 radical (unpaired) electrons. The Balaban J connectivity index is 2.98. The molecule has 1 saturated heterocycles. The number of amides is 4. The highest BCUT2D eigenvalue weighted by atomic mass is 16.6. The molecule has 0 bridgehead atoms. The number of carbonyl (C=O) groups excluding carboxylic acids is 5. The molecule has 1 rings (SSSR count). The molecule has 186 valence electrons. The van der Waals surface area contributed by atoms with Gasteiger partial charge in [-0.05, 0) is 12.5 Å². The van der Waals surface area contributed by atoms with Gasteiger partial charge >= 0.3 is 5.97 Å². The summed E-state index contributed by atoms with van der Waals surface area (Å²) in [5.74, 6) is -3.23. The molecule has 0 aliphatic carbocycles. The fourth-order valence-corrected chi connectivity index (χ4v) is 3.04. The number of carbonyl (C=O) groups is 5. The van der Waals surface area contributed by atoms with E-state index in [-0.39, 0.29) is 0 Å². The average Bonchev–Trinajstić information content (AvgIpc) is 2.75. The second kappa shape index (κ2) is 13.5. The number of aliphatic hydroxyl groups excluding tert-OH is 2. The maximum Gasteiger partial charge on any atom is 0.302 e. The zero-order valence-corrected chi connectivity index (χ0v) is 18.8. The minimum atomic E-state index is -1.57. The van der Waals surface area contributed by atoms with Crippen molar-refractivity contribution in [3.05, 3.63) is 12.7 Å². The van der Waals surface area contributed by atoms with Gasteiger partial charge in [-0.2, -0.15) is 0 Å². The summed E-state index contributed by atoms with van der Waals surface area (Å²) in [5.41, 5.74) is 0. The molecule has 1 aliphatic rings. The van der Waals surface area contributed by atoms with E-state index in [2.05, 4.69) is 27.8 Å². The summed E-state index contributed by atoms with van der Waals surface area (Å²) < 4.78 is 10.4. The normalized spacial score (nSPS) is 25.2. The first-order valence-corrected chi connectivity index (χ1v) is 10.4. The van der Waals surface area contributed by atoms with Crippen LogP contribution < -0.4 is 21.3 Å². The topological polar surface area (TPSA) is 192 Å². The van der Waals surface area contributed by atoms with Crippen LogP contribution in [0, 0.1) is 0 Å². The number of hydrogen-bond donors (Lipinski definition) is 6. The van der Waals surface area contributed by atoms with E-state index in [1.807, 2.05) is 6.92 Å². The monoisotopic (exact) mass is 472 g/mol. The number of aliphatic hydroxyl groups is 2. The van der Waals surface area contributed by atoms with E-state index < -0.39 is 79.2 Å². The van der Waals surface area contributed by atoms with Gasteiger partial charge in [-0.1, -0.05) is 13.5 Å². The molecule has 1 unspecified atom stereocenters. The first-order chi connectivity index (χ1) is 15.5. The van der Waals surface area contributed by atoms with Crippen molar-refractivity contribution in [3.63, 3.8) is 0 Å². The van der Waals surface area contributed by atoms with E-state index in [0.717, 1.165) is 13.0 Å². The zero-order valence-electron chi connectivity index (χ0n) is 18.8. The van der Waals surface area contributed by atoms with Crippen LogP contribution in [0.3, 0.4) is 0 Å². The lowest BCUT2D eigenvalue weighted by Crippen LogP contribution is -2.68. The minimum absolute atomic E-state index is 0.333. The Morgan fingerprint density at radius 2 is 1.79 bits per heavy atom. The Hall–Kier alpha value is -3.03. The van der Waals surface area contributed by atoms with Gasteiger partial charge in [0.2, 0.25) is 23.6 Å². The van der Waals surface area contributed by atoms with Crippen LogP contribution in [0.5, 0.6) is 0 Å². The standard InChI is InChI=1S/C20H32N4O9/c1-5-7-21-19(31)12(23-14(27)6-2)8-15(28)24-20-16(22-10(3)25)18(30)17(29)13(33-20)9-32-11(4)26/h6,12-13,16-18,20,29-30H,2,5,7-9H2,1,3-4H3,(H,21,31)(H,22,25)(H,23,27)(H,24,28)/t12?,13-,16-,17-,18-,20-/m1/s1. The number of rotatable bonds is 11. The fraction of sp³-hybridized carbons (Fsp3) is 0.650. The third-order valence-electron chi connectivity index (χ3n) is 4.63. The summed E-state index contributed by atoms with van der Waals surface area (Å²) in [5, 5.41) is 30.5. The Labute approximate surface area is 191 Å². The molecule has 13 heteroatoms. The van der Waals surface area contributed by atoms with Crippen LogP contribution in [0.25, 0.3) is 0 Å². The van der Waals surface area contributed by atoms with Gasteiger partial charge in [0.25, 0.3) is 0 Å². The highest BCUT2D eigenvalue weighted by Crippen LogP contribution is 2.21. The van der Waals surface area contributed by atoms with Gasteiger partial charge in [-0.25, -0.2) is 0 Å². The van der Waals surface area contributed by atoms with E-state index in [1.54, 1.807) is 0 Å². The molecule has 1 fully saturated rings. The van der Waals surface area contributed by atoms with Crippen LogP contribution in [0.15, 0.2) is 12.7 Å². The van der Waals surface area contributed by atoms with Crippen LogP contribution >= 0.6 is 0 Å². The van der Waals surface area contributed by atoms with Crippen LogP contribution in [-0.4, -0.2) is 89.6 Å². The van der Waals surface area contributed by atoms with Crippen molar-refractivity contribution in [2.24, 2.45) is 0 Å². The number of esters is 1. The van der Waals surface area contributed by atoms with Crippen molar-refractivity contribution in [2.75, 3.05) is 13.2 Å². The lowest BCUT2D eigenvalue weighted by Gasteiger charge is -2.43.